The normalized spacial score (nSPS) is 12.0. The molecule has 1 heterocycles. The molecule has 1 atom stereocenters. The number of carbonyl (C=O) groups is 1. The molecule has 0 spiro atoms. The number of anilines is 1. The van der Waals surface area contributed by atoms with Crippen molar-refractivity contribution in [2.24, 2.45) is 0 Å². The van der Waals surface area contributed by atoms with Crippen LogP contribution < -0.4 is 10.6 Å². The van der Waals surface area contributed by atoms with Crippen molar-refractivity contribution in [3.63, 3.8) is 0 Å². The van der Waals surface area contributed by atoms with Gasteiger partial charge >= 0.3 is 0 Å². The maximum Gasteiger partial charge on any atom is 0.238 e. The number of hydrogen-bond donors (Lipinski definition) is 2. The molecule has 0 aliphatic rings. The van der Waals surface area contributed by atoms with Crippen molar-refractivity contribution in [2.75, 3.05) is 11.9 Å². The van der Waals surface area contributed by atoms with Crippen LogP contribution in [0.25, 0.3) is 0 Å². The third-order valence-electron chi connectivity index (χ3n) is 2.93. The topological polar surface area (TPSA) is 54.0 Å². The van der Waals surface area contributed by atoms with E-state index in [4.69, 9.17) is 23.2 Å². The first-order valence-electron chi connectivity index (χ1n) is 6.46. The molecule has 0 saturated heterocycles. The molecule has 0 unspecified atom stereocenters. The molecule has 6 heteroatoms. The lowest BCUT2D eigenvalue weighted by Crippen LogP contribution is -2.30. The lowest BCUT2D eigenvalue weighted by molar-refractivity contribution is -0.115. The third kappa shape index (κ3) is 4.43. The molecule has 0 fully saturated rings. The molecule has 2 aromatic rings. The molecule has 1 aromatic carbocycles. The van der Waals surface area contributed by atoms with Gasteiger partial charge in [0.2, 0.25) is 5.91 Å². The van der Waals surface area contributed by atoms with Crippen molar-refractivity contribution >= 4 is 34.8 Å². The Morgan fingerprint density at radius 3 is 2.52 bits per heavy atom. The van der Waals surface area contributed by atoms with Gasteiger partial charge in [0.15, 0.2) is 0 Å². The zero-order valence-electron chi connectivity index (χ0n) is 11.4. The predicted molar refractivity (Wildman–Crippen MR) is 85.7 cm³/mol. The van der Waals surface area contributed by atoms with E-state index in [9.17, 15) is 4.79 Å². The van der Waals surface area contributed by atoms with Gasteiger partial charge in [-0.2, -0.15) is 0 Å². The molecule has 0 bridgehead atoms. The summed E-state index contributed by atoms with van der Waals surface area (Å²) in [4.78, 5) is 16.2. The number of para-hydroxylation sites is 1. The van der Waals surface area contributed by atoms with Crippen LogP contribution in [0.5, 0.6) is 0 Å². The van der Waals surface area contributed by atoms with Crippen LogP contribution in [-0.4, -0.2) is 17.4 Å². The van der Waals surface area contributed by atoms with E-state index >= 15 is 0 Å². The Labute approximate surface area is 133 Å². The number of nitrogens with zero attached hydrogens (tertiary/aromatic N) is 1. The minimum atomic E-state index is -0.215. The number of amides is 1. The van der Waals surface area contributed by atoms with Gasteiger partial charge in [0, 0.05) is 12.2 Å². The van der Waals surface area contributed by atoms with Gasteiger partial charge in [-0.05, 0) is 31.2 Å². The Morgan fingerprint density at radius 1 is 1.19 bits per heavy atom. The Kier molecular flexibility index (Phi) is 5.56. The molecule has 2 N–H and O–H groups in total. The SMILES string of the molecule is C[C@H](NCC(=O)Nc1c(Cl)cccc1Cl)c1ccccn1. The second-order valence-corrected chi connectivity index (χ2v) is 5.32. The van der Waals surface area contributed by atoms with Gasteiger partial charge < -0.3 is 10.6 Å². The largest absolute Gasteiger partial charge is 0.322 e. The highest BCUT2D eigenvalue weighted by atomic mass is 35.5. The molecule has 0 radical (unpaired) electrons. The van der Waals surface area contributed by atoms with Gasteiger partial charge in [0.05, 0.1) is 28.0 Å². The fraction of sp³-hybridized carbons (Fsp3) is 0.200. The molecule has 4 nitrogen and oxygen atoms in total. The monoisotopic (exact) mass is 323 g/mol. The van der Waals surface area contributed by atoms with Gasteiger partial charge in [-0.15, -0.1) is 0 Å². The fourth-order valence-electron chi connectivity index (χ4n) is 1.78. The van der Waals surface area contributed by atoms with Gasteiger partial charge in [-0.1, -0.05) is 35.3 Å². The number of halogens is 2. The minimum Gasteiger partial charge on any atom is -0.322 e. The first kappa shape index (κ1) is 15.8. The highest BCUT2D eigenvalue weighted by molar-refractivity contribution is 6.39. The second-order valence-electron chi connectivity index (χ2n) is 4.50. The molecule has 2 rings (SSSR count). The number of rotatable bonds is 5. The lowest BCUT2D eigenvalue weighted by Gasteiger charge is -2.14. The van der Waals surface area contributed by atoms with E-state index in [0.717, 1.165) is 5.69 Å². The summed E-state index contributed by atoms with van der Waals surface area (Å²) >= 11 is 12.0. The van der Waals surface area contributed by atoms with E-state index in [2.05, 4.69) is 15.6 Å². The standard InChI is InChI=1S/C15H15Cl2N3O/c1-10(13-7-2-3-8-18-13)19-9-14(21)20-15-11(16)5-4-6-12(15)17/h2-8,10,19H,9H2,1H3,(H,20,21)/t10-/m0/s1. The number of pyridine rings is 1. The molecule has 1 aromatic heterocycles. The molecular weight excluding hydrogens is 309 g/mol. The number of aromatic nitrogens is 1. The Hall–Kier alpha value is -1.62. The zero-order valence-corrected chi connectivity index (χ0v) is 12.9. The summed E-state index contributed by atoms with van der Waals surface area (Å²) in [6.45, 7) is 2.08. The van der Waals surface area contributed by atoms with Crippen molar-refractivity contribution in [1.29, 1.82) is 0 Å². The van der Waals surface area contributed by atoms with Crippen molar-refractivity contribution in [2.45, 2.75) is 13.0 Å². The molecule has 1 amide bonds. The molecule has 0 aliphatic heterocycles. The third-order valence-corrected chi connectivity index (χ3v) is 3.56. The van der Waals surface area contributed by atoms with Crippen LogP contribution >= 0.6 is 23.2 Å². The molecule has 110 valence electrons. The summed E-state index contributed by atoms with van der Waals surface area (Å²) in [5, 5.41) is 6.62. The van der Waals surface area contributed by atoms with E-state index < -0.39 is 0 Å². The fourth-order valence-corrected chi connectivity index (χ4v) is 2.28. The Balaban J connectivity index is 1.91. The van der Waals surface area contributed by atoms with Crippen molar-refractivity contribution in [1.82, 2.24) is 10.3 Å². The van der Waals surface area contributed by atoms with E-state index in [1.165, 1.54) is 0 Å². The Morgan fingerprint density at radius 2 is 1.90 bits per heavy atom. The van der Waals surface area contributed by atoms with Gasteiger partial charge in [0.25, 0.3) is 0 Å². The van der Waals surface area contributed by atoms with E-state index in [1.54, 1.807) is 24.4 Å². The first-order chi connectivity index (χ1) is 10.1. The van der Waals surface area contributed by atoms with Crippen LogP contribution in [0.2, 0.25) is 10.0 Å². The van der Waals surface area contributed by atoms with E-state index in [1.807, 2.05) is 25.1 Å². The van der Waals surface area contributed by atoms with Crippen LogP contribution in [0, 0.1) is 0 Å². The molecule has 0 aliphatic carbocycles. The van der Waals surface area contributed by atoms with Crippen molar-refractivity contribution in [3.8, 4) is 0 Å². The summed E-state index contributed by atoms with van der Waals surface area (Å²) in [7, 11) is 0. The van der Waals surface area contributed by atoms with Crippen LogP contribution in [0.4, 0.5) is 5.69 Å². The number of hydrogen-bond acceptors (Lipinski definition) is 3. The maximum atomic E-state index is 11.9. The van der Waals surface area contributed by atoms with E-state index in [-0.39, 0.29) is 18.5 Å². The van der Waals surface area contributed by atoms with Crippen LogP contribution in [0.3, 0.4) is 0 Å². The summed E-state index contributed by atoms with van der Waals surface area (Å²) in [6, 6.07) is 10.7. The van der Waals surface area contributed by atoms with E-state index in [0.29, 0.717) is 15.7 Å². The zero-order chi connectivity index (χ0) is 15.2. The lowest BCUT2D eigenvalue weighted by atomic mass is 10.2. The minimum absolute atomic E-state index is 0.0290. The highest BCUT2D eigenvalue weighted by Gasteiger charge is 2.11. The highest BCUT2D eigenvalue weighted by Crippen LogP contribution is 2.29. The van der Waals surface area contributed by atoms with Crippen LogP contribution in [0.15, 0.2) is 42.6 Å². The maximum absolute atomic E-state index is 11.9. The predicted octanol–water partition coefficient (Wildman–Crippen LogP) is 3.68. The first-order valence-corrected chi connectivity index (χ1v) is 7.21. The average Bonchev–Trinajstić information content (AvgIpc) is 2.49. The van der Waals surface area contributed by atoms with Crippen molar-refractivity contribution in [3.05, 3.63) is 58.3 Å². The van der Waals surface area contributed by atoms with Crippen LogP contribution in [0.1, 0.15) is 18.7 Å². The van der Waals surface area contributed by atoms with Crippen LogP contribution in [-0.2, 0) is 4.79 Å². The molecule has 21 heavy (non-hydrogen) atoms. The number of benzene rings is 1. The van der Waals surface area contributed by atoms with Gasteiger partial charge in [0.1, 0.15) is 0 Å². The van der Waals surface area contributed by atoms with Gasteiger partial charge in [-0.25, -0.2) is 0 Å². The number of carbonyl (C=O) groups excluding carboxylic acids is 1. The summed E-state index contributed by atoms with van der Waals surface area (Å²) in [5.74, 6) is -0.215. The van der Waals surface area contributed by atoms with Gasteiger partial charge in [-0.3, -0.25) is 9.78 Å². The summed E-state index contributed by atoms with van der Waals surface area (Å²) in [5.41, 5.74) is 1.30. The molecular formula is C15H15Cl2N3O. The second kappa shape index (κ2) is 7.41. The summed E-state index contributed by atoms with van der Waals surface area (Å²) in [6.07, 6.45) is 1.72. The average molecular weight is 324 g/mol. The quantitative estimate of drug-likeness (QED) is 0.882. The summed E-state index contributed by atoms with van der Waals surface area (Å²) < 4.78 is 0. The Bertz CT molecular complexity index is 599. The smallest absolute Gasteiger partial charge is 0.238 e. The van der Waals surface area contributed by atoms with Crippen molar-refractivity contribution < 1.29 is 4.79 Å². The molecule has 0 saturated carbocycles. The number of nitrogens with one attached hydrogen (secondary N) is 2.